The van der Waals surface area contributed by atoms with Crippen LogP contribution in [0.3, 0.4) is 0 Å². The fourth-order valence-electron chi connectivity index (χ4n) is 2.00. The highest BCUT2D eigenvalue weighted by Gasteiger charge is 2.22. The van der Waals surface area contributed by atoms with E-state index in [1.165, 1.54) is 0 Å². The molecule has 1 heterocycles. The second-order valence-electron chi connectivity index (χ2n) is 4.50. The average molecular weight is 253 g/mol. The van der Waals surface area contributed by atoms with Gasteiger partial charge in [0.15, 0.2) is 0 Å². The summed E-state index contributed by atoms with van der Waals surface area (Å²) in [6.07, 6.45) is 3.95. The molecule has 0 saturated carbocycles. The highest BCUT2D eigenvalue weighted by molar-refractivity contribution is 5.78. The lowest BCUT2D eigenvalue weighted by atomic mass is 10.0. The first-order chi connectivity index (χ1) is 8.67. The van der Waals surface area contributed by atoms with Crippen molar-refractivity contribution in [2.75, 3.05) is 26.2 Å². The van der Waals surface area contributed by atoms with Gasteiger partial charge in [-0.15, -0.1) is 6.58 Å². The quantitative estimate of drug-likeness (QED) is 0.528. The van der Waals surface area contributed by atoms with Gasteiger partial charge in [0.2, 0.25) is 11.8 Å². The Morgan fingerprint density at radius 1 is 1.39 bits per heavy atom. The minimum atomic E-state index is 0.0902. The van der Waals surface area contributed by atoms with Crippen LogP contribution >= 0.6 is 0 Å². The molecule has 0 aromatic carbocycles. The molecule has 0 unspecified atom stereocenters. The lowest BCUT2D eigenvalue weighted by Gasteiger charge is -2.32. The maximum atomic E-state index is 11.8. The average Bonchev–Trinajstić information content (AvgIpc) is 2.39. The first kappa shape index (κ1) is 14.7. The number of amides is 2. The number of rotatable bonds is 6. The van der Waals surface area contributed by atoms with E-state index in [2.05, 4.69) is 17.2 Å². The highest BCUT2D eigenvalue weighted by atomic mass is 16.2. The lowest BCUT2D eigenvalue weighted by Crippen LogP contribution is -2.48. The molecule has 5 heteroatoms. The van der Waals surface area contributed by atoms with Crippen LogP contribution < -0.4 is 10.6 Å². The third-order valence-corrected chi connectivity index (χ3v) is 3.10. The second kappa shape index (κ2) is 7.87. The Morgan fingerprint density at radius 3 is 2.61 bits per heavy atom. The molecule has 0 aromatic heterocycles. The van der Waals surface area contributed by atoms with Crippen molar-refractivity contribution in [3.05, 3.63) is 12.7 Å². The summed E-state index contributed by atoms with van der Waals surface area (Å²) < 4.78 is 0. The molecular formula is C13H23N3O2. The summed E-state index contributed by atoms with van der Waals surface area (Å²) in [5.74, 6) is 0.213. The Hall–Kier alpha value is -1.36. The molecule has 0 spiro atoms. The van der Waals surface area contributed by atoms with Crippen molar-refractivity contribution in [1.29, 1.82) is 0 Å². The van der Waals surface area contributed by atoms with Gasteiger partial charge in [-0.1, -0.05) is 13.0 Å². The fraction of sp³-hybridized carbons (Fsp3) is 0.692. The van der Waals surface area contributed by atoms with Crippen LogP contribution in [-0.4, -0.2) is 48.9 Å². The largest absolute Gasteiger partial charge is 0.353 e. The monoisotopic (exact) mass is 253 g/mol. The summed E-state index contributed by atoms with van der Waals surface area (Å²) >= 11 is 0. The van der Waals surface area contributed by atoms with Crippen molar-refractivity contribution >= 4 is 11.8 Å². The lowest BCUT2D eigenvalue weighted by molar-refractivity contribution is -0.131. The van der Waals surface area contributed by atoms with E-state index in [0.29, 0.717) is 19.5 Å². The maximum absolute atomic E-state index is 11.8. The molecule has 0 radical (unpaired) electrons. The molecule has 102 valence electrons. The third kappa shape index (κ3) is 4.87. The van der Waals surface area contributed by atoms with Crippen LogP contribution in [0.25, 0.3) is 0 Å². The molecule has 1 saturated heterocycles. The number of hydrogen-bond acceptors (Lipinski definition) is 3. The van der Waals surface area contributed by atoms with E-state index in [4.69, 9.17) is 0 Å². The predicted molar refractivity (Wildman–Crippen MR) is 71.1 cm³/mol. The Balaban J connectivity index is 2.23. The van der Waals surface area contributed by atoms with E-state index in [1.54, 1.807) is 6.08 Å². The van der Waals surface area contributed by atoms with Crippen molar-refractivity contribution in [2.24, 2.45) is 0 Å². The molecular weight excluding hydrogens is 230 g/mol. The van der Waals surface area contributed by atoms with Gasteiger partial charge in [-0.3, -0.25) is 9.59 Å². The molecule has 18 heavy (non-hydrogen) atoms. The van der Waals surface area contributed by atoms with E-state index < -0.39 is 0 Å². The Kier molecular flexibility index (Phi) is 6.43. The Bertz CT molecular complexity index is 297. The summed E-state index contributed by atoms with van der Waals surface area (Å²) in [6.45, 7) is 7.89. The molecule has 2 amide bonds. The van der Waals surface area contributed by atoms with E-state index in [1.807, 2.05) is 11.8 Å². The Morgan fingerprint density at radius 2 is 2.06 bits per heavy atom. The molecule has 5 nitrogen and oxygen atoms in total. The van der Waals surface area contributed by atoms with Crippen LogP contribution in [0.4, 0.5) is 0 Å². The molecule has 1 rings (SSSR count). The molecule has 1 aliphatic heterocycles. The molecule has 0 bridgehead atoms. The first-order valence-electron chi connectivity index (χ1n) is 6.56. The van der Waals surface area contributed by atoms with Gasteiger partial charge in [-0.05, 0) is 12.8 Å². The molecule has 0 atom stereocenters. The van der Waals surface area contributed by atoms with E-state index >= 15 is 0 Å². The molecule has 1 fully saturated rings. The molecule has 2 N–H and O–H groups in total. The minimum Gasteiger partial charge on any atom is -0.353 e. The number of nitrogens with one attached hydrogen (secondary N) is 2. The number of hydrogen-bond donors (Lipinski definition) is 2. The summed E-state index contributed by atoms with van der Waals surface area (Å²) in [6, 6.07) is 0.225. The van der Waals surface area contributed by atoms with Crippen LogP contribution in [0.2, 0.25) is 0 Å². The van der Waals surface area contributed by atoms with Crippen molar-refractivity contribution in [3.63, 3.8) is 0 Å². The maximum Gasteiger partial charge on any atom is 0.236 e. The van der Waals surface area contributed by atoms with Crippen molar-refractivity contribution < 1.29 is 9.59 Å². The third-order valence-electron chi connectivity index (χ3n) is 3.10. The summed E-state index contributed by atoms with van der Waals surface area (Å²) in [4.78, 5) is 24.9. The molecule has 0 aromatic rings. The summed E-state index contributed by atoms with van der Waals surface area (Å²) in [7, 11) is 0. The second-order valence-corrected chi connectivity index (χ2v) is 4.50. The van der Waals surface area contributed by atoms with E-state index in [-0.39, 0.29) is 17.9 Å². The summed E-state index contributed by atoms with van der Waals surface area (Å²) in [5, 5.41) is 5.98. The zero-order chi connectivity index (χ0) is 13.4. The SMILES string of the molecule is C=CCNCC(=O)N1CCC(NC(=O)CC)CC1. The van der Waals surface area contributed by atoms with Crippen LogP contribution in [0.15, 0.2) is 12.7 Å². The van der Waals surface area contributed by atoms with E-state index in [0.717, 1.165) is 25.9 Å². The normalized spacial score (nSPS) is 16.4. The zero-order valence-electron chi connectivity index (χ0n) is 11.1. The van der Waals surface area contributed by atoms with Gasteiger partial charge < -0.3 is 15.5 Å². The number of piperidine rings is 1. The van der Waals surface area contributed by atoms with Crippen LogP contribution in [0, 0.1) is 0 Å². The highest BCUT2D eigenvalue weighted by Crippen LogP contribution is 2.10. The van der Waals surface area contributed by atoms with Gasteiger partial charge in [0.05, 0.1) is 6.54 Å². The molecule has 0 aliphatic carbocycles. The topological polar surface area (TPSA) is 61.4 Å². The summed E-state index contributed by atoms with van der Waals surface area (Å²) in [5.41, 5.74) is 0. The fourth-order valence-corrected chi connectivity index (χ4v) is 2.00. The van der Waals surface area contributed by atoms with Crippen LogP contribution in [-0.2, 0) is 9.59 Å². The standard InChI is InChI=1S/C13H23N3O2/c1-3-7-14-10-13(18)16-8-5-11(6-9-16)15-12(17)4-2/h3,11,14H,1,4-10H2,2H3,(H,15,17). The number of carbonyl (C=O) groups excluding carboxylic acids is 2. The Labute approximate surface area is 109 Å². The van der Waals surface area contributed by atoms with Gasteiger partial charge in [0.1, 0.15) is 0 Å². The van der Waals surface area contributed by atoms with Gasteiger partial charge >= 0.3 is 0 Å². The van der Waals surface area contributed by atoms with Crippen molar-refractivity contribution in [2.45, 2.75) is 32.2 Å². The van der Waals surface area contributed by atoms with Gasteiger partial charge in [-0.2, -0.15) is 0 Å². The number of nitrogens with zero attached hydrogens (tertiary/aromatic N) is 1. The smallest absolute Gasteiger partial charge is 0.236 e. The zero-order valence-corrected chi connectivity index (χ0v) is 11.1. The predicted octanol–water partition coefficient (Wildman–Crippen LogP) is 0.279. The molecule has 1 aliphatic rings. The van der Waals surface area contributed by atoms with Gasteiger partial charge in [-0.25, -0.2) is 0 Å². The van der Waals surface area contributed by atoms with Crippen molar-refractivity contribution in [3.8, 4) is 0 Å². The van der Waals surface area contributed by atoms with Gasteiger partial charge in [0.25, 0.3) is 0 Å². The van der Waals surface area contributed by atoms with Crippen LogP contribution in [0.5, 0.6) is 0 Å². The van der Waals surface area contributed by atoms with Crippen molar-refractivity contribution in [1.82, 2.24) is 15.5 Å². The van der Waals surface area contributed by atoms with Crippen LogP contribution in [0.1, 0.15) is 26.2 Å². The first-order valence-corrected chi connectivity index (χ1v) is 6.56. The van der Waals surface area contributed by atoms with Gasteiger partial charge in [0, 0.05) is 32.1 Å². The number of carbonyl (C=O) groups is 2. The minimum absolute atomic E-state index is 0.0902. The van der Waals surface area contributed by atoms with E-state index in [9.17, 15) is 9.59 Å². The number of likely N-dealkylation sites (tertiary alicyclic amines) is 1.